The molecule has 0 spiro atoms. The zero-order chi connectivity index (χ0) is 12.8. The molecule has 3 nitrogen and oxygen atoms in total. The zero-order valence-electron chi connectivity index (χ0n) is 11.0. The highest BCUT2D eigenvalue weighted by Gasteiger charge is 2.22. The van der Waals surface area contributed by atoms with Crippen LogP contribution in [0.4, 0.5) is 0 Å². The minimum absolute atomic E-state index is 0.127. The Labute approximate surface area is 109 Å². The fraction of sp³-hybridized carbons (Fsp3) is 0.600. The van der Waals surface area contributed by atoms with E-state index in [1.807, 2.05) is 24.3 Å². The van der Waals surface area contributed by atoms with Gasteiger partial charge >= 0.3 is 0 Å². The molecule has 1 fully saturated rings. The van der Waals surface area contributed by atoms with E-state index in [1.54, 1.807) is 7.11 Å². The maximum atomic E-state index is 9.86. The molecule has 1 N–H and O–H groups in total. The molecule has 1 saturated carbocycles. The molecule has 1 aliphatic rings. The Morgan fingerprint density at radius 2 is 1.78 bits per heavy atom. The molecule has 1 aromatic carbocycles. The number of ether oxygens (including phenoxy) is 2. The monoisotopic (exact) mass is 250 g/mol. The molecule has 2 atom stereocenters. The third kappa shape index (κ3) is 3.64. The van der Waals surface area contributed by atoms with Crippen LogP contribution in [0.15, 0.2) is 24.3 Å². The molecule has 0 amide bonds. The van der Waals surface area contributed by atoms with Gasteiger partial charge in [0.2, 0.25) is 0 Å². The van der Waals surface area contributed by atoms with Gasteiger partial charge in [-0.05, 0) is 49.4 Å². The van der Waals surface area contributed by atoms with E-state index in [4.69, 9.17) is 9.47 Å². The van der Waals surface area contributed by atoms with Crippen LogP contribution in [0.5, 0.6) is 11.5 Å². The largest absolute Gasteiger partial charge is 0.497 e. The average molecular weight is 250 g/mol. The number of rotatable bonds is 5. The minimum Gasteiger partial charge on any atom is -0.497 e. The third-order valence-electron chi connectivity index (χ3n) is 3.69. The maximum Gasteiger partial charge on any atom is 0.119 e. The van der Waals surface area contributed by atoms with Gasteiger partial charge in [-0.3, -0.25) is 0 Å². The van der Waals surface area contributed by atoms with Crippen LogP contribution in [0.3, 0.4) is 0 Å². The Morgan fingerprint density at radius 3 is 2.44 bits per heavy atom. The summed E-state index contributed by atoms with van der Waals surface area (Å²) in [5.41, 5.74) is 0. The molecule has 1 aliphatic carbocycles. The highest BCUT2D eigenvalue weighted by atomic mass is 16.5. The Balaban J connectivity index is 1.73. The molecule has 100 valence electrons. The highest BCUT2D eigenvalue weighted by molar-refractivity contribution is 5.31. The SMILES string of the molecule is COc1ccc(OCCC2CCCCC2O)cc1. The number of hydrogen-bond donors (Lipinski definition) is 1. The second-order valence-electron chi connectivity index (χ2n) is 4.92. The van der Waals surface area contributed by atoms with Gasteiger partial charge in [-0.25, -0.2) is 0 Å². The Kier molecular flexibility index (Phi) is 4.88. The molecule has 2 unspecified atom stereocenters. The van der Waals surface area contributed by atoms with E-state index >= 15 is 0 Å². The standard InChI is InChI=1S/C15H22O3/c1-17-13-6-8-14(9-7-13)18-11-10-12-4-2-3-5-15(12)16/h6-9,12,15-16H,2-5,10-11H2,1H3. The maximum absolute atomic E-state index is 9.86. The van der Waals surface area contributed by atoms with E-state index in [1.165, 1.54) is 6.42 Å². The van der Waals surface area contributed by atoms with Crippen molar-refractivity contribution in [3.8, 4) is 11.5 Å². The molecular weight excluding hydrogens is 228 g/mol. The van der Waals surface area contributed by atoms with Gasteiger partial charge in [0.1, 0.15) is 11.5 Å². The smallest absolute Gasteiger partial charge is 0.119 e. The predicted octanol–water partition coefficient (Wildman–Crippen LogP) is 3.02. The van der Waals surface area contributed by atoms with Gasteiger partial charge in [0.05, 0.1) is 19.8 Å². The summed E-state index contributed by atoms with van der Waals surface area (Å²) in [5.74, 6) is 2.11. The Bertz CT molecular complexity index is 347. The molecule has 0 saturated heterocycles. The first-order valence-electron chi connectivity index (χ1n) is 6.74. The molecule has 0 radical (unpaired) electrons. The number of aliphatic hydroxyl groups is 1. The van der Waals surface area contributed by atoms with Crippen molar-refractivity contribution in [2.45, 2.75) is 38.2 Å². The normalized spacial score (nSPS) is 23.7. The molecule has 0 aliphatic heterocycles. The lowest BCUT2D eigenvalue weighted by Crippen LogP contribution is -2.25. The van der Waals surface area contributed by atoms with E-state index in [9.17, 15) is 5.11 Å². The molecule has 3 heteroatoms. The number of hydrogen-bond acceptors (Lipinski definition) is 3. The summed E-state index contributed by atoms with van der Waals surface area (Å²) in [5, 5.41) is 9.86. The van der Waals surface area contributed by atoms with Crippen LogP contribution in [0.25, 0.3) is 0 Å². The van der Waals surface area contributed by atoms with Crippen molar-refractivity contribution in [3.05, 3.63) is 24.3 Å². The number of methoxy groups -OCH3 is 1. The first kappa shape index (κ1) is 13.2. The summed E-state index contributed by atoms with van der Waals surface area (Å²) >= 11 is 0. The second-order valence-corrected chi connectivity index (χ2v) is 4.92. The highest BCUT2D eigenvalue weighted by Crippen LogP contribution is 2.27. The lowest BCUT2D eigenvalue weighted by Gasteiger charge is -2.27. The van der Waals surface area contributed by atoms with Gasteiger partial charge in [0.25, 0.3) is 0 Å². The Hall–Kier alpha value is -1.22. The molecule has 0 heterocycles. The summed E-state index contributed by atoms with van der Waals surface area (Å²) in [6.07, 6.45) is 5.30. The van der Waals surface area contributed by atoms with Crippen LogP contribution in [-0.2, 0) is 0 Å². The fourth-order valence-electron chi connectivity index (χ4n) is 2.52. The topological polar surface area (TPSA) is 38.7 Å². The molecule has 2 rings (SSSR count). The molecule has 1 aromatic rings. The van der Waals surface area contributed by atoms with Crippen LogP contribution in [0.2, 0.25) is 0 Å². The zero-order valence-corrected chi connectivity index (χ0v) is 11.0. The average Bonchev–Trinajstić information content (AvgIpc) is 2.42. The molecule has 18 heavy (non-hydrogen) atoms. The number of aliphatic hydroxyl groups excluding tert-OH is 1. The van der Waals surface area contributed by atoms with Crippen LogP contribution >= 0.6 is 0 Å². The second kappa shape index (κ2) is 6.64. The minimum atomic E-state index is -0.127. The summed E-state index contributed by atoms with van der Waals surface area (Å²) in [6.45, 7) is 0.675. The van der Waals surface area contributed by atoms with Crippen molar-refractivity contribution in [3.63, 3.8) is 0 Å². The number of benzene rings is 1. The summed E-state index contributed by atoms with van der Waals surface area (Å²) in [6, 6.07) is 7.61. The summed E-state index contributed by atoms with van der Waals surface area (Å²) < 4.78 is 10.8. The van der Waals surface area contributed by atoms with E-state index in [0.717, 1.165) is 37.2 Å². The van der Waals surface area contributed by atoms with Crippen molar-refractivity contribution >= 4 is 0 Å². The van der Waals surface area contributed by atoms with Crippen LogP contribution < -0.4 is 9.47 Å². The van der Waals surface area contributed by atoms with Gasteiger partial charge in [-0.2, -0.15) is 0 Å². The fourth-order valence-corrected chi connectivity index (χ4v) is 2.52. The first-order valence-corrected chi connectivity index (χ1v) is 6.74. The predicted molar refractivity (Wildman–Crippen MR) is 71.1 cm³/mol. The van der Waals surface area contributed by atoms with Gasteiger partial charge in [-0.1, -0.05) is 12.8 Å². The van der Waals surface area contributed by atoms with Gasteiger partial charge in [0.15, 0.2) is 0 Å². The molecule has 0 aromatic heterocycles. The molecular formula is C15H22O3. The van der Waals surface area contributed by atoms with Gasteiger partial charge in [-0.15, -0.1) is 0 Å². The first-order chi connectivity index (χ1) is 8.79. The van der Waals surface area contributed by atoms with Crippen LogP contribution in [-0.4, -0.2) is 24.9 Å². The van der Waals surface area contributed by atoms with Gasteiger partial charge < -0.3 is 14.6 Å². The molecule has 0 bridgehead atoms. The van der Waals surface area contributed by atoms with Gasteiger partial charge in [0, 0.05) is 0 Å². The third-order valence-corrected chi connectivity index (χ3v) is 3.69. The van der Waals surface area contributed by atoms with E-state index < -0.39 is 0 Å². The van der Waals surface area contributed by atoms with E-state index in [-0.39, 0.29) is 6.10 Å². The lowest BCUT2D eigenvalue weighted by atomic mass is 9.85. The van der Waals surface area contributed by atoms with Crippen LogP contribution in [0, 0.1) is 5.92 Å². The van der Waals surface area contributed by atoms with E-state index in [2.05, 4.69) is 0 Å². The Morgan fingerprint density at radius 1 is 1.11 bits per heavy atom. The summed E-state index contributed by atoms with van der Waals surface area (Å²) in [7, 11) is 1.65. The quantitative estimate of drug-likeness (QED) is 0.873. The van der Waals surface area contributed by atoms with Crippen molar-refractivity contribution in [2.75, 3.05) is 13.7 Å². The van der Waals surface area contributed by atoms with Crippen molar-refractivity contribution in [1.29, 1.82) is 0 Å². The van der Waals surface area contributed by atoms with Crippen molar-refractivity contribution in [2.24, 2.45) is 5.92 Å². The lowest BCUT2D eigenvalue weighted by molar-refractivity contribution is 0.0573. The van der Waals surface area contributed by atoms with Crippen molar-refractivity contribution < 1.29 is 14.6 Å². The van der Waals surface area contributed by atoms with E-state index in [0.29, 0.717) is 12.5 Å². The van der Waals surface area contributed by atoms with Crippen LogP contribution in [0.1, 0.15) is 32.1 Å². The summed E-state index contributed by atoms with van der Waals surface area (Å²) in [4.78, 5) is 0. The van der Waals surface area contributed by atoms with Crippen molar-refractivity contribution in [1.82, 2.24) is 0 Å².